The minimum Gasteiger partial charge on any atom is -0.371 e. The quantitative estimate of drug-likeness (QED) is 0.492. The molecule has 2 saturated heterocycles. The minimum absolute atomic E-state index is 0.0925. The van der Waals surface area contributed by atoms with Gasteiger partial charge in [0, 0.05) is 50.4 Å². The smallest absolute Gasteiger partial charge is 0.196 e. The summed E-state index contributed by atoms with van der Waals surface area (Å²) >= 11 is 0. The number of carbonyl (C=O) groups excluding carboxylic acids is 1. The Labute approximate surface area is 182 Å². The highest BCUT2D eigenvalue weighted by Gasteiger charge is 2.35. The third-order valence-corrected chi connectivity index (χ3v) is 7.33. The zero-order valence-electron chi connectivity index (χ0n) is 18.2. The van der Waals surface area contributed by atoms with Gasteiger partial charge in [-0.3, -0.25) is 4.79 Å². The number of carbonyl (C=O) groups is 1. The Morgan fingerprint density at radius 1 is 0.935 bits per heavy atom. The molecule has 3 heterocycles. The lowest BCUT2D eigenvalue weighted by Crippen LogP contribution is -2.44. The first-order chi connectivity index (χ1) is 15.1. The zero-order valence-corrected chi connectivity index (χ0v) is 18.2. The van der Waals surface area contributed by atoms with E-state index in [4.69, 9.17) is 4.52 Å². The van der Waals surface area contributed by atoms with Crippen LogP contribution in [0.1, 0.15) is 35.7 Å². The third-order valence-electron chi connectivity index (χ3n) is 7.33. The van der Waals surface area contributed by atoms with E-state index in [9.17, 15) is 4.79 Å². The van der Waals surface area contributed by atoms with Crippen molar-refractivity contribution in [3.8, 4) is 11.3 Å². The molecule has 31 heavy (non-hydrogen) atoms. The van der Waals surface area contributed by atoms with Crippen LogP contribution in [-0.4, -0.2) is 62.2 Å². The van der Waals surface area contributed by atoms with Crippen molar-refractivity contribution in [1.82, 2.24) is 10.1 Å². The lowest BCUT2D eigenvalue weighted by Gasteiger charge is -2.37. The molecule has 3 aliphatic rings. The Bertz CT molecular complexity index is 1170. The standard InChI is InChI=1S/C25H28N4O2/c1-16-7-9-28(10-8-16)19-15-20(29-13-11-27(2)12-14-29)23-22-21(19)24(30)17-5-3-4-6-18(17)25(22)31-26-23/h3-6,15-16H,7-14H2,1-2H3. The summed E-state index contributed by atoms with van der Waals surface area (Å²) in [4.78, 5) is 20.9. The molecular formula is C25H28N4O2. The Morgan fingerprint density at radius 2 is 1.61 bits per heavy atom. The zero-order chi connectivity index (χ0) is 21.1. The van der Waals surface area contributed by atoms with Crippen molar-refractivity contribution in [2.45, 2.75) is 19.8 Å². The van der Waals surface area contributed by atoms with Crippen molar-refractivity contribution in [2.24, 2.45) is 5.92 Å². The van der Waals surface area contributed by atoms with E-state index in [2.05, 4.69) is 39.9 Å². The lowest BCUT2D eigenvalue weighted by atomic mass is 9.85. The van der Waals surface area contributed by atoms with Crippen LogP contribution in [0.4, 0.5) is 11.4 Å². The number of hydrogen-bond donors (Lipinski definition) is 0. The Hall–Kier alpha value is -2.86. The molecule has 0 unspecified atom stereocenters. The van der Waals surface area contributed by atoms with Gasteiger partial charge < -0.3 is 19.2 Å². The molecular weight excluding hydrogens is 388 g/mol. The molecule has 6 rings (SSSR count). The predicted octanol–water partition coefficient (Wildman–Crippen LogP) is 4.03. The SMILES string of the molecule is CC1CCN(c2cc(N3CCN(C)CC3)c3noc4c3c2C(=O)c2ccccc2-4)CC1. The molecule has 2 fully saturated rings. The largest absolute Gasteiger partial charge is 0.371 e. The van der Waals surface area contributed by atoms with Crippen LogP contribution >= 0.6 is 0 Å². The molecule has 0 spiro atoms. The van der Waals surface area contributed by atoms with E-state index in [0.717, 1.165) is 97.2 Å². The molecule has 0 N–H and O–H groups in total. The number of benzene rings is 2. The number of piperazine rings is 1. The molecule has 3 aromatic rings. The molecule has 160 valence electrons. The fraction of sp³-hybridized carbons (Fsp3) is 0.440. The summed E-state index contributed by atoms with van der Waals surface area (Å²) in [5.74, 6) is 1.56. The molecule has 0 saturated carbocycles. The highest BCUT2D eigenvalue weighted by molar-refractivity contribution is 6.28. The van der Waals surface area contributed by atoms with E-state index in [1.54, 1.807) is 0 Å². The number of aromatic nitrogens is 1. The fourth-order valence-electron chi connectivity index (χ4n) is 5.31. The summed E-state index contributed by atoms with van der Waals surface area (Å²) in [5.41, 5.74) is 5.33. The molecule has 1 aliphatic carbocycles. The van der Waals surface area contributed by atoms with Gasteiger partial charge in [0.2, 0.25) is 0 Å². The maximum absolute atomic E-state index is 13.7. The van der Waals surface area contributed by atoms with Crippen LogP contribution in [0.3, 0.4) is 0 Å². The van der Waals surface area contributed by atoms with Gasteiger partial charge in [-0.15, -0.1) is 0 Å². The minimum atomic E-state index is 0.0925. The number of nitrogens with zero attached hydrogens (tertiary/aromatic N) is 4. The number of rotatable bonds is 2. The van der Waals surface area contributed by atoms with Gasteiger partial charge in [-0.25, -0.2) is 0 Å². The van der Waals surface area contributed by atoms with Crippen molar-refractivity contribution in [3.05, 3.63) is 41.5 Å². The maximum atomic E-state index is 13.7. The van der Waals surface area contributed by atoms with Crippen LogP contribution in [0.25, 0.3) is 22.2 Å². The molecule has 6 heteroatoms. The maximum Gasteiger partial charge on any atom is 0.196 e. The summed E-state index contributed by atoms with van der Waals surface area (Å²) in [7, 11) is 2.17. The number of fused-ring (bicyclic) bond motifs is 2. The topological polar surface area (TPSA) is 52.8 Å². The van der Waals surface area contributed by atoms with Gasteiger partial charge in [-0.1, -0.05) is 36.3 Å². The summed E-state index contributed by atoms with van der Waals surface area (Å²) in [6.07, 6.45) is 2.31. The van der Waals surface area contributed by atoms with Crippen molar-refractivity contribution in [1.29, 1.82) is 0 Å². The van der Waals surface area contributed by atoms with Crippen LogP contribution in [0.15, 0.2) is 34.9 Å². The van der Waals surface area contributed by atoms with Crippen LogP contribution in [0.2, 0.25) is 0 Å². The van der Waals surface area contributed by atoms with E-state index in [0.29, 0.717) is 5.56 Å². The van der Waals surface area contributed by atoms with Crippen molar-refractivity contribution in [2.75, 3.05) is 56.1 Å². The lowest BCUT2D eigenvalue weighted by molar-refractivity contribution is 0.104. The molecule has 2 aromatic carbocycles. The second-order valence-corrected chi connectivity index (χ2v) is 9.36. The summed E-state index contributed by atoms with van der Waals surface area (Å²) < 4.78 is 5.93. The predicted molar refractivity (Wildman–Crippen MR) is 123 cm³/mol. The van der Waals surface area contributed by atoms with Crippen LogP contribution in [0, 0.1) is 5.92 Å². The average Bonchev–Trinajstić information content (AvgIpc) is 3.24. The molecule has 2 aliphatic heterocycles. The Balaban J connectivity index is 1.59. The summed E-state index contributed by atoms with van der Waals surface area (Å²) in [5, 5.41) is 5.41. The van der Waals surface area contributed by atoms with Gasteiger partial charge >= 0.3 is 0 Å². The van der Waals surface area contributed by atoms with Crippen molar-refractivity contribution >= 4 is 28.1 Å². The number of likely N-dealkylation sites (N-methyl/N-ethyl adjacent to an activating group) is 1. The van der Waals surface area contributed by atoms with Crippen LogP contribution in [0.5, 0.6) is 0 Å². The third kappa shape index (κ3) is 2.88. The Morgan fingerprint density at radius 3 is 2.35 bits per heavy atom. The second-order valence-electron chi connectivity index (χ2n) is 9.36. The molecule has 0 radical (unpaired) electrons. The molecule has 0 amide bonds. The van der Waals surface area contributed by atoms with E-state index < -0.39 is 0 Å². The molecule has 6 nitrogen and oxygen atoms in total. The summed E-state index contributed by atoms with van der Waals surface area (Å²) in [6, 6.07) is 9.99. The van der Waals surface area contributed by atoms with E-state index in [-0.39, 0.29) is 5.78 Å². The van der Waals surface area contributed by atoms with Crippen molar-refractivity contribution in [3.63, 3.8) is 0 Å². The normalized spacial score (nSPS) is 19.9. The van der Waals surface area contributed by atoms with Gasteiger partial charge in [0.15, 0.2) is 11.5 Å². The first-order valence-corrected chi connectivity index (χ1v) is 11.4. The first kappa shape index (κ1) is 18.9. The number of piperidine rings is 1. The van der Waals surface area contributed by atoms with Crippen LogP contribution in [-0.2, 0) is 0 Å². The summed E-state index contributed by atoms with van der Waals surface area (Å²) in [6.45, 7) is 8.23. The highest BCUT2D eigenvalue weighted by atomic mass is 16.5. The van der Waals surface area contributed by atoms with Gasteiger partial charge in [0.05, 0.1) is 22.3 Å². The monoisotopic (exact) mass is 416 g/mol. The van der Waals surface area contributed by atoms with E-state index >= 15 is 0 Å². The number of hydrogen-bond acceptors (Lipinski definition) is 6. The van der Waals surface area contributed by atoms with E-state index in [1.807, 2.05) is 24.3 Å². The van der Waals surface area contributed by atoms with Gasteiger partial charge in [0.1, 0.15) is 5.52 Å². The molecule has 0 atom stereocenters. The first-order valence-electron chi connectivity index (χ1n) is 11.4. The average molecular weight is 417 g/mol. The van der Waals surface area contributed by atoms with E-state index in [1.165, 1.54) is 0 Å². The van der Waals surface area contributed by atoms with Gasteiger partial charge in [0.25, 0.3) is 0 Å². The molecule has 0 bridgehead atoms. The molecule has 1 aromatic heterocycles. The number of anilines is 2. The van der Waals surface area contributed by atoms with Gasteiger partial charge in [-0.05, 0) is 31.9 Å². The highest BCUT2D eigenvalue weighted by Crippen LogP contribution is 2.47. The second kappa shape index (κ2) is 7.09. The number of ketones is 1. The fourth-order valence-corrected chi connectivity index (χ4v) is 5.31. The van der Waals surface area contributed by atoms with Crippen LogP contribution < -0.4 is 9.80 Å². The Kier molecular flexibility index (Phi) is 4.32. The van der Waals surface area contributed by atoms with Crippen molar-refractivity contribution < 1.29 is 9.32 Å². The van der Waals surface area contributed by atoms with Gasteiger partial charge in [-0.2, -0.15) is 0 Å².